The standard InChI is InChI=1S/C17H29N3O2/c1-13(19-11-14-7-8-18-10-14)15-6-5-9-20(12-15)16(21)22-17(2,3)4/h7-8,10,13,15,18-19H,5-6,9,11-12H2,1-4H3. The number of aromatic nitrogens is 1. The SMILES string of the molecule is CC(NCc1cc[nH]c1)C1CCCN(C(=O)OC(C)(C)C)C1. The van der Waals surface area contributed by atoms with Crippen LogP contribution in [0, 0.1) is 5.92 Å². The normalized spacial score (nSPS) is 20.7. The summed E-state index contributed by atoms with van der Waals surface area (Å²) in [4.78, 5) is 17.1. The van der Waals surface area contributed by atoms with E-state index in [9.17, 15) is 4.79 Å². The van der Waals surface area contributed by atoms with Gasteiger partial charge in [-0.1, -0.05) is 0 Å². The number of nitrogens with one attached hydrogen (secondary N) is 2. The minimum Gasteiger partial charge on any atom is -0.444 e. The lowest BCUT2D eigenvalue weighted by Crippen LogP contribution is -2.47. The number of hydrogen-bond acceptors (Lipinski definition) is 3. The molecule has 0 bridgehead atoms. The summed E-state index contributed by atoms with van der Waals surface area (Å²) in [6.07, 6.45) is 5.95. The second-order valence-corrected chi connectivity index (χ2v) is 7.22. The molecule has 22 heavy (non-hydrogen) atoms. The molecule has 0 saturated carbocycles. The predicted octanol–water partition coefficient (Wildman–Crippen LogP) is 3.14. The lowest BCUT2D eigenvalue weighted by molar-refractivity contribution is 0.0148. The lowest BCUT2D eigenvalue weighted by Gasteiger charge is -2.36. The van der Waals surface area contributed by atoms with Crippen molar-refractivity contribution in [2.75, 3.05) is 13.1 Å². The van der Waals surface area contributed by atoms with Crippen molar-refractivity contribution < 1.29 is 9.53 Å². The number of likely N-dealkylation sites (tertiary alicyclic amines) is 1. The first-order valence-corrected chi connectivity index (χ1v) is 8.18. The van der Waals surface area contributed by atoms with Crippen molar-refractivity contribution in [3.8, 4) is 0 Å². The van der Waals surface area contributed by atoms with Crippen LogP contribution in [0.1, 0.15) is 46.1 Å². The van der Waals surface area contributed by atoms with Crippen LogP contribution in [-0.2, 0) is 11.3 Å². The fourth-order valence-electron chi connectivity index (χ4n) is 2.82. The fraction of sp³-hybridized carbons (Fsp3) is 0.706. The summed E-state index contributed by atoms with van der Waals surface area (Å²) in [5, 5.41) is 3.56. The van der Waals surface area contributed by atoms with Gasteiger partial charge in [-0.25, -0.2) is 4.79 Å². The van der Waals surface area contributed by atoms with Crippen LogP contribution >= 0.6 is 0 Å². The van der Waals surface area contributed by atoms with Crippen LogP contribution in [0.2, 0.25) is 0 Å². The van der Waals surface area contributed by atoms with Crippen LogP contribution in [0.5, 0.6) is 0 Å². The first-order chi connectivity index (χ1) is 10.3. The van der Waals surface area contributed by atoms with E-state index in [1.807, 2.05) is 38.1 Å². The van der Waals surface area contributed by atoms with E-state index in [0.717, 1.165) is 32.5 Å². The van der Waals surface area contributed by atoms with Crippen LogP contribution in [-0.4, -0.2) is 40.7 Å². The Hall–Kier alpha value is -1.49. The van der Waals surface area contributed by atoms with Gasteiger partial charge in [0.1, 0.15) is 5.60 Å². The molecular formula is C17H29N3O2. The summed E-state index contributed by atoms with van der Waals surface area (Å²) in [5.74, 6) is 0.472. The van der Waals surface area contributed by atoms with Crippen molar-refractivity contribution in [3.63, 3.8) is 0 Å². The lowest BCUT2D eigenvalue weighted by atomic mass is 9.91. The zero-order chi connectivity index (χ0) is 16.2. The van der Waals surface area contributed by atoms with Gasteiger partial charge in [0.05, 0.1) is 0 Å². The largest absolute Gasteiger partial charge is 0.444 e. The van der Waals surface area contributed by atoms with Gasteiger partial charge in [0.2, 0.25) is 0 Å². The van der Waals surface area contributed by atoms with E-state index >= 15 is 0 Å². The first kappa shape index (κ1) is 16.9. The Morgan fingerprint density at radius 1 is 1.55 bits per heavy atom. The highest BCUT2D eigenvalue weighted by molar-refractivity contribution is 5.68. The molecule has 2 unspecified atom stereocenters. The summed E-state index contributed by atoms with van der Waals surface area (Å²) < 4.78 is 5.49. The van der Waals surface area contributed by atoms with Gasteiger partial charge in [-0.15, -0.1) is 0 Å². The summed E-state index contributed by atoms with van der Waals surface area (Å²) in [7, 11) is 0. The number of aromatic amines is 1. The molecule has 1 saturated heterocycles. The summed E-state index contributed by atoms with van der Waals surface area (Å²) >= 11 is 0. The number of nitrogens with zero attached hydrogens (tertiary/aromatic N) is 1. The topological polar surface area (TPSA) is 57.4 Å². The number of hydrogen-bond donors (Lipinski definition) is 2. The smallest absolute Gasteiger partial charge is 0.410 e. The van der Waals surface area contributed by atoms with Gasteiger partial charge in [0.25, 0.3) is 0 Å². The molecule has 2 rings (SSSR count). The van der Waals surface area contributed by atoms with Crippen molar-refractivity contribution in [2.24, 2.45) is 5.92 Å². The number of carbonyl (C=O) groups is 1. The average molecular weight is 307 g/mol. The number of carbonyl (C=O) groups excluding carboxylic acids is 1. The Labute approximate surface area is 133 Å². The number of H-pyrrole nitrogens is 1. The maximum absolute atomic E-state index is 12.2. The Bertz CT molecular complexity index is 465. The summed E-state index contributed by atoms with van der Waals surface area (Å²) in [6.45, 7) is 10.4. The molecule has 1 amide bonds. The molecule has 0 radical (unpaired) electrons. The van der Waals surface area contributed by atoms with Crippen LogP contribution in [0.25, 0.3) is 0 Å². The number of amides is 1. The molecule has 5 nitrogen and oxygen atoms in total. The number of piperidine rings is 1. The molecule has 124 valence electrons. The minimum absolute atomic E-state index is 0.185. The molecular weight excluding hydrogens is 278 g/mol. The Morgan fingerprint density at radius 2 is 2.32 bits per heavy atom. The highest BCUT2D eigenvalue weighted by Gasteiger charge is 2.29. The van der Waals surface area contributed by atoms with Gasteiger partial charge in [-0.2, -0.15) is 0 Å². The zero-order valence-electron chi connectivity index (χ0n) is 14.2. The van der Waals surface area contributed by atoms with Crippen molar-refractivity contribution >= 4 is 6.09 Å². The fourth-order valence-corrected chi connectivity index (χ4v) is 2.82. The van der Waals surface area contributed by atoms with Gasteiger partial charge in [0.15, 0.2) is 0 Å². The van der Waals surface area contributed by atoms with Crippen LogP contribution in [0.3, 0.4) is 0 Å². The molecule has 1 aliphatic rings. The monoisotopic (exact) mass is 307 g/mol. The number of ether oxygens (including phenoxy) is 1. The molecule has 1 aliphatic heterocycles. The van der Waals surface area contributed by atoms with E-state index in [0.29, 0.717) is 12.0 Å². The van der Waals surface area contributed by atoms with Crippen LogP contribution < -0.4 is 5.32 Å². The van der Waals surface area contributed by atoms with Gasteiger partial charge in [0, 0.05) is 38.1 Å². The third kappa shape index (κ3) is 5.05. The van der Waals surface area contributed by atoms with Crippen LogP contribution in [0.15, 0.2) is 18.5 Å². The highest BCUT2D eigenvalue weighted by Crippen LogP contribution is 2.22. The van der Waals surface area contributed by atoms with Gasteiger partial charge >= 0.3 is 6.09 Å². The van der Waals surface area contributed by atoms with Gasteiger partial charge < -0.3 is 19.9 Å². The quantitative estimate of drug-likeness (QED) is 0.898. The predicted molar refractivity (Wildman–Crippen MR) is 87.6 cm³/mol. The molecule has 1 aromatic rings. The van der Waals surface area contributed by atoms with Crippen molar-refractivity contribution in [1.82, 2.24) is 15.2 Å². The maximum atomic E-state index is 12.2. The van der Waals surface area contributed by atoms with E-state index in [2.05, 4.69) is 23.3 Å². The van der Waals surface area contributed by atoms with E-state index in [4.69, 9.17) is 4.74 Å². The van der Waals surface area contributed by atoms with Crippen molar-refractivity contribution in [3.05, 3.63) is 24.0 Å². The molecule has 0 aromatic carbocycles. The molecule has 0 aliphatic carbocycles. The molecule has 5 heteroatoms. The molecule has 0 spiro atoms. The molecule has 2 atom stereocenters. The summed E-state index contributed by atoms with van der Waals surface area (Å²) in [6, 6.07) is 2.45. The third-order valence-electron chi connectivity index (χ3n) is 4.11. The zero-order valence-corrected chi connectivity index (χ0v) is 14.2. The summed E-state index contributed by atoms with van der Waals surface area (Å²) in [5.41, 5.74) is 0.828. The van der Waals surface area contributed by atoms with E-state index in [-0.39, 0.29) is 6.09 Å². The Morgan fingerprint density at radius 3 is 2.95 bits per heavy atom. The molecule has 1 fully saturated rings. The first-order valence-electron chi connectivity index (χ1n) is 8.18. The Balaban J connectivity index is 1.82. The van der Waals surface area contributed by atoms with E-state index in [1.54, 1.807) is 0 Å². The van der Waals surface area contributed by atoms with E-state index in [1.165, 1.54) is 5.56 Å². The molecule has 2 heterocycles. The highest BCUT2D eigenvalue weighted by atomic mass is 16.6. The van der Waals surface area contributed by atoms with Gasteiger partial charge in [-0.05, 0) is 58.1 Å². The third-order valence-corrected chi connectivity index (χ3v) is 4.11. The Kier molecular flexibility index (Phi) is 5.51. The second-order valence-electron chi connectivity index (χ2n) is 7.22. The molecule has 1 aromatic heterocycles. The van der Waals surface area contributed by atoms with E-state index < -0.39 is 5.60 Å². The average Bonchev–Trinajstić information content (AvgIpc) is 2.96. The number of rotatable bonds is 4. The van der Waals surface area contributed by atoms with Gasteiger partial charge in [-0.3, -0.25) is 0 Å². The minimum atomic E-state index is -0.428. The second kappa shape index (κ2) is 7.18. The van der Waals surface area contributed by atoms with Crippen molar-refractivity contribution in [2.45, 2.75) is 58.7 Å². The maximum Gasteiger partial charge on any atom is 0.410 e. The van der Waals surface area contributed by atoms with Crippen molar-refractivity contribution in [1.29, 1.82) is 0 Å². The molecule has 2 N–H and O–H groups in total. The van der Waals surface area contributed by atoms with Crippen LogP contribution in [0.4, 0.5) is 4.79 Å².